The second kappa shape index (κ2) is 15.4. The van der Waals surface area contributed by atoms with Crippen LogP contribution in [0.1, 0.15) is 49.8 Å². The Hall–Kier alpha value is -3.07. The van der Waals surface area contributed by atoms with Gasteiger partial charge in [0, 0.05) is 42.0 Å². The van der Waals surface area contributed by atoms with Crippen molar-refractivity contribution in [2.45, 2.75) is 65.1 Å². The molecule has 0 aromatic heterocycles. The van der Waals surface area contributed by atoms with Crippen molar-refractivity contribution >= 4 is 50.7 Å². The van der Waals surface area contributed by atoms with Gasteiger partial charge in [0.25, 0.3) is 0 Å². The number of hydrogen-bond donors (Lipinski definition) is 1. The number of anilines is 1. The van der Waals surface area contributed by atoms with Crippen molar-refractivity contribution in [2.24, 2.45) is 0 Å². The predicted molar refractivity (Wildman–Crippen MR) is 171 cm³/mol. The lowest BCUT2D eigenvalue weighted by Gasteiger charge is -2.33. The van der Waals surface area contributed by atoms with Crippen LogP contribution in [0.5, 0.6) is 0 Å². The van der Waals surface area contributed by atoms with E-state index >= 15 is 0 Å². The molecule has 3 rings (SSSR count). The summed E-state index contributed by atoms with van der Waals surface area (Å²) < 4.78 is 26.7. The highest BCUT2D eigenvalue weighted by molar-refractivity contribution is 7.92. The van der Waals surface area contributed by atoms with E-state index in [4.69, 9.17) is 23.2 Å². The lowest BCUT2D eigenvalue weighted by Crippen LogP contribution is -2.52. The number of carbonyl (C=O) groups excluding carboxylic acids is 2. The molecular formula is C32H39Cl2N3O4S. The molecule has 3 aromatic rings. The summed E-state index contributed by atoms with van der Waals surface area (Å²) >= 11 is 12.4. The summed E-state index contributed by atoms with van der Waals surface area (Å²) in [4.78, 5) is 29.2. The molecule has 10 heteroatoms. The topological polar surface area (TPSA) is 86.8 Å². The maximum Gasteiger partial charge on any atom is 0.243 e. The minimum absolute atomic E-state index is 0.0428. The summed E-state index contributed by atoms with van der Waals surface area (Å²) in [5.74, 6) is -0.482. The van der Waals surface area contributed by atoms with Crippen LogP contribution in [-0.2, 0) is 32.6 Å². The quantitative estimate of drug-likeness (QED) is 0.223. The molecule has 7 nitrogen and oxygen atoms in total. The third-order valence-corrected chi connectivity index (χ3v) is 9.04. The van der Waals surface area contributed by atoms with Crippen LogP contribution < -0.4 is 9.62 Å². The average molecular weight is 633 g/mol. The summed E-state index contributed by atoms with van der Waals surface area (Å²) in [6, 6.07) is 21.0. The average Bonchev–Trinajstić information content (AvgIpc) is 2.95. The SMILES string of the molecule is CC[C@@H](C)NC(=O)[C@H](Cc1ccccc1)N(Cc1ccc(Cl)cc1)C(=O)CCCN(c1cccc(Cl)c1C)S(C)(=O)=O. The van der Waals surface area contributed by atoms with Crippen molar-refractivity contribution < 1.29 is 18.0 Å². The fraction of sp³-hybridized carbons (Fsp3) is 0.375. The summed E-state index contributed by atoms with van der Waals surface area (Å²) in [5, 5.41) is 4.09. The van der Waals surface area contributed by atoms with Gasteiger partial charge in [-0.05, 0) is 67.6 Å². The summed E-state index contributed by atoms with van der Waals surface area (Å²) in [6.45, 7) is 5.97. The van der Waals surface area contributed by atoms with Gasteiger partial charge >= 0.3 is 0 Å². The molecule has 1 N–H and O–H groups in total. The number of amides is 2. The van der Waals surface area contributed by atoms with Gasteiger partial charge in [-0.1, -0.05) is 78.7 Å². The van der Waals surface area contributed by atoms with Gasteiger partial charge in [-0.3, -0.25) is 13.9 Å². The van der Waals surface area contributed by atoms with E-state index in [0.29, 0.717) is 27.7 Å². The van der Waals surface area contributed by atoms with Crippen LogP contribution in [-0.4, -0.2) is 50.0 Å². The molecule has 2 atom stereocenters. The number of carbonyl (C=O) groups is 2. The molecule has 2 amide bonds. The number of hydrogen-bond acceptors (Lipinski definition) is 4. The first kappa shape index (κ1) is 33.4. The van der Waals surface area contributed by atoms with Crippen molar-refractivity contribution in [1.29, 1.82) is 0 Å². The van der Waals surface area contributed by atoms with Gasteiger partial charge in [0.05, 0.1) is 11.9 Å². The third kappa shape index (κ3) is 9.48. The highest BCUT2D eigenvalue weighted by atomic mass is 35.5. The van der Waals surface area contributed by atoms with Gasteiger partial charge in [-0.25, -0.2) is 8.42 Å². The van der Waals surface area contributed by atoms with Gasteiger partial charge in [0.2, 0.25) is 21.8 Å². The molecule has 226 valence electrons. The normalized spacial score (nSPS) is 12.8. The monoisotopic (exact) mass is 631 g/mol. The number of nitrogens with zero attached hydrogens (tertiary/aromatic N) is 2. The van der Waals surface area contributed by atoms with Crippen LogP contribution in [0.3, 0.4) is 0 Å². The Kier molecular flexibility index (Phi) is 12.3. The molecule has 0 fully saturated rings. The van der Waals surface area contributed by atoms with Crippen molar-refractivity contribution in [2.75, 3.05) is 17.1 Å². The fourth-order valence-corrected chi connectivity index (χ4v) is 5.94. The number of rotatable bonds is 14. The zero-order chi connectivity index (χ0) is 30.9. The molecule has 0 aliphatic carbocycles. The van der Waals surface area contributed by atoms with Crippen LogP contribution in [0.15, 0.2) is 72.8 Å². The van der Waals surface area contributed by atoms with E-state index in [-0.39, 0.29) is 43.8 Å². The zero-order valence-corrected chi connectivity index (χ0v) is 26.8. The second-order valence-corrected chi connectivity index (χ2v) is 13.2. The Balaban J connectivity index is 1.90. The Morgan fingerprint density at radius 2 is 1.60 bits per heavy atom. The molecule has 0 saturated carbocycles. The molecule has 0 aliphatic heterocycles. The Labute approximate surface area is 259 Å². The maximum absolute atomic E-state index is 13.9. The summed E-state index contributed by atoms with van der Waals surface area (Å²) in [5.41, 5.74) is 2.88. The van der Waals surface area contributed by atoms with Gasteiger partial charge < -0.3 is 10.2 Å². The number of halogens is 2. The van der Waals surface area contributed by atoms with E-state index in [0.717, 1.165) is 23.8 Å². The van der Waals surface area contributed by atoms with E-state index in [1.807, 2.05) is 56.3 Å². The van der Waals surface area contributed by atoms with E-state index in [1.54, 1.807) is 42.2 Å². The second-order valence-electron chi connectivity index (χ2n) is 10.5. The van der Waals surface area contributed by atoms with Crippen molar-refractivity contribution in [1.82, 2.24) is 10.2 Å². The van der Waals surface area contributed by atoms with Crippen LogP contribution in [0, 0.1) is 6.92 Å². The van der Waals surface area contributed by atoms with Gasteiger partial charge in [-0.15, -0.1) is 0 Å². The van der Waals surface area contributed by atoms with E-state index in [1.165, 1.54) is 4.31 Å². The van der Waals surface area contributed by atoms with E-state index in [2.05, 4.69) is 5.32 Å². The van der Waals surface area contributed by atoms with Gasteiger partial charge in [-0.2, -0.15) is 0 Å². The largest absolute Gasteiger partial charge is 0.352 e. The van der Waals surface area contributed by atoms with E-state index in [9.17, 15) is 18.0 Å². The third-order valence-electron chi connectivity index (χ3n) is 7.20. The van der Waals surface area contributed by atoms with Gasteiger partial charge in [0.1, 0.15) is 6.04 Å². The van der Waals surface area contributed by atoms with Crippen LogP contribution >= 0.6 is 23.2 Å². The predicted octanol–water partition coefficient (Wildman–Crippen LogP) is 6.40. The molecule has 0 unspecified atom stereocenters. The molecule has 0 spiro atoms. The first-order chi connectivity index (χ1) is 19.9. The van der Waals surface area contributed by atoms with E-state index < -0.39 is 16.1 Å². The smallest absolute Gasteiger partial charge is 0.243 e. The maximum atomic E-state index is 13.9. The molecule has 3 aromatic carbocycles. The highest BCUT2D eigenvalue weighted by Gasteiger charge is 2.31. The number of nitrogens with one attached hydrogen (secondary N) is 1. The fourth-order valence-electron chi connectivity index (χ4n) is 4.63. The molecule has 42 heavy (non-hydrogen) atoms. The van der Waals surface area contributed by atoms with Crippen LogP contribution in [0.2, 0.25) is 10.0 Å². The zero-order valence-electron chi connectivity index (χ0n) is 24.5. The molecule has 0 radical (unpaired) electrons. The first-order valence-corrected chi connectivity index (χ1v) is 16.6. The summed E-state index contributed by atoms with van der Waals surface area (Å²) in [6.07, 6.45) is 2.51. The molecule has 0 bridgehead atoms. The lowest BCUT2D eigenvalue weighted by molar-refractivity contribution is -0.141. The molecular weight excluding hydrogens is 593 g/mol. The number of sulfonamides is 1. The van der Waals surface area contributed by atoms with Crippen LogP contribution in [0.4, 0.5) is 5.69 Å². The standard InChI is InChI=1S/C32H39Cl2N3O4S/c1-5-23(2)35-32(39)30(21-25-11-7-6-8-12-25)36(22-26-16-18-27(33)19-17-26)31(38)15-10-20-37(42(4,40)41)29-14-9-13-28(34)24(29)3/h6-9,11-14,16-19,23,30H,5,10,15,20-22H2,1-4H3,(H,35,39)/t23-,30+/m1/s1. The Morgan fingerprint density at radius 3 is 2.21 bits per heavy atom. The minimum atomic E-state index is -3.64. The molecule has 0 aliphatic rings. The molecule has 0 saturated heterocycles. The van der Waals surface area contributed by atoms with Crippen molar-refractivity contribution in [3.63, 3.8) is 0 Å². The van der Waals surface area contributed by atoms with Gasteiger partial charge in [0.15, 0.2) is 0 Å². The summed E-state index contributed by atoms with van der Waals surface area (Å²) in [7, 11) is -3.64. The highest BCUT2D eigenvalue weighted by Crippen LogP contribution is 2.28. The Morgan fingerprint density at radius 1 is 0.929 bits per heavy atom. The minimum Gasteiger partial charge on any atom is -0.352 e. The van der Waals surface area contributed by atoms with Crippen molar-refractivity contribution in [3.05, 3.63) is 99.5 Å². The molecule has 0 heterocycles. The first-order valence-electron chi connectivity index (χ1n) is 14.0. The van der Waals surface area contributed by atoms with Crippen LogP contribution in [0.25, 0.3) is 0 Å². The lowest BCUT2D eigenvalue weighted by atomic mass is 10.0. The number of benzene rings is 3. The Bertz CT molecular complexity index is 1450. The van der Waals surface area contributed by atoms with Crippen molar-refractivity contribution in [3.8, 4) is 0 Å².